The quantitative estimate of drug-likeness (QED) is 0.639. The molecule has 0 amide bonds. The van der Waals surface area contributed by atoms with Gasteiger partial charge in [0.2, 0.25) is 0 Å². The smallest absolute Gasteiger partial charge is 0.0741 e. The molecule has 0 radical (unpaired) electrons. The summed E-state index contributed by atoms with van der Waals surface area (Å²) in [6.07, 6.45) is 0. The van der Waals surface area contributed by atoms with Crippen molar-refractivity contribution in [1.82, 2.24) is 0 Å². The van der Waals surface area contributed by atoms with Crippen LogP contribution in [0, 0.1) is 0 Å². The highest BCUT2D eigenvalue weighted by Crippen LogP contribution is 2.43. The van der Waals surface area contributed by atoms with Crippen molar-refractivity contribution in [3.63, 3.8) is 0 Å². The van der Waals surface area contributed by atoms with Gasteiger partial charge in [-0.05, 0) is 13.8 Å². The van der Waals surface area contributed by atoms with Crippen LogP contribution in [0.25, 0.3) is 0 Å². The summed E-state index contributed by atoms with van der Waals surface area (Å²) in [5.41, 5.74) is 1.15. The lowest BCUT2D eigenvalue weighted by Gasteiger charge is -2.11. The highest BCUT2D eigenvalue weighted by molar-refractivity contribution is 7.45. The maximum Gasteiger partial charge on any atom is 0.345 e. The summed E-state index contributed by atoms with van der Waals surface area (Å²) in [7, 11) is -1.17. The third kappa shape index (κ3) is 1.73. The average molecular weight is 181 g/mol. The second-order valence-electron chi connectivity index (χ2n) is 3.42. The van der Waals surface area contributed by atoms with Gasteiger partial charge in [0.1, 0.15) is 6.66 Å². The zero-order valence-electron chi connectivity index (χ0n) is 7.74. The van der Waals surface area contributed by atoms with Crippen LogP contribution in [0.5, 0.6) is 0 Å². The molecule has 1 unspecified atom stereocenters. The summed E-state index contributed by atoms with van der Waals surface area (Å²) < 4.78 is 11.4. The molecule has 0 bridgehead atoms. The minimum Gasteiger partial charge on any atom is -0.0741 e. The van der Waals surface area contributed by atoms with Gasteiger partial charge in [-0.1, -0.05) is 34.9 Å². The van der Waals surface area contributed by atoms with Gasteiger partial charge in [0.15, 0.2) is 5.16 Å². The maximum atomic E-state index is 11.4. The number of hydrogen-bond acceptors (Lipinski definition) is 1. The van der Waals surface area contributed by atoms with Crippen molar-refractivity contribution in [3.05, 3.63) is 35.9 Å². The van der Waals surface area contributed by atoms with Gasteiger partial charge in [-0.15, -0.1) is 0 Å². The van der Waals surface area contributed by atoms with Gasteiger partial charge in [-0.25, -0.2) is 0 Å². The maximum absolute atomic E-state index is 11.4. The van der Waals surface area contributed by atoms with E-state index in [4.69, 9.17) is 0 Å². The molecular weight excluding hydrogens is 167 g/mol. The summed E-state index contributed by atoms with van der Waals surface area (Å²) >= 11 is 0. The Kier molecular flexibility index (Phi) is 2.64. The lowest BCUT2D eigenvalue weighted by atomic mass is 10.0. The van der Waals surface area contributed by atoms with E-state index in [-0.39, 0.29) is 5.16 Å². The topological polar surface area (TPSA) is 17.1 Å². The Morgan fingerprint density at radius 2 is 1.67 bits per heavy atom. The van der Waals surface area contributed by atoms with E-state index in [1.54, 1.807) is 6.66 Å². The Labute approximate surface area is 74.6 Å². The molecule has 0 aliphatic heterocycles. The largest absolute Gasteiger partial charge is 0.345 e. The van der Waals surface area contributed by atoms with E-state index in [2.05, 4.69) is 0 Å². The summed E-state index contributed by atoms with van der Waals surface area (Å²) in [6, 6.07) is 9.99. The molecule has 0 heterocycles. The third-order valence-corrected chi connectivity index (χ3v) is 4.10. The minimum atomic E-state index is -1.17. The molecule has 2 heteroatoms. The van der Waals surface area contributed by atoms with Gasteiger partial charge in [0.25, 0.3) is 0 Å². The molecule has 1 atom stereocenters. The van der Waals surface area contributed by atoms with E-state index >= 15 is 0 Å². The van der Waals surface area contributed by atoms with E-state index in [0.717, 1.165) is 5.56 Å². The second kappa shape index (κ2) is 3.37. The summed E-state index contributed by atoms with van der Waals surface area (Å²) in [5.74, 6) is 0. The van der Waals surface area contributed by atoms with Crippen LogP contribution in [0.3, 0.4) is 0 Å². The first-order chi connectivity index (χ1) is 5.55. The molecule has 0 aromatic heterocycles. The average Bonchev–Trinajstić information content (AvgIpc) is 2.06. The summed E-state index contributed by atoms with van der Waals surface area (Å²) in [6.45, 7) is 5.81. The first kappa shape index (κ1) is 9.41. The summed E-state index contributed by atoms with van der Waals surface area (Å²) in [4.78, 5) is 0. The molecule has 1 aromatic rings. The fourth-order valence-corrected chi connectivity index (χ4v) is 1.54. The van der Waals surface area contributed by atoms with E-state index in [0.29, 0.717) is 0 Å². The number of hydrogen-bond donors (Lipinski definition) is 0. The van der Waals surface area contributed by atoms with Crippen LogP contribution in [0.1, 0.15) is 19.4 Å². The van der Waals surface area contributed by atoms with Gasteiger partial charge in [0.05, 0.1) is 0 Å². The summed E-state index contributed by atoms with van der Waals surface area (Å²) in [5, 5.41) is -0.198. The molecule has 1 aromatic carbocycles. The van der Waals surface area contributed by atoms with Gasteiger partial charge in [-0.2, -0.15) is 0 Å². The zero-order chi connectivity index (χ0) is 9.19. The predicted molar refractivity (Wildman–Crippen MR) is 53.0 cm³/mol. The Bertz CT molecular complexity index is 277. The molecule has 0 N–H and O–H groups in total. The van der Waals surface area contributed by atoms with Crippen LogP contribution < -0.4 is 0 Å². The zero-order valence-corrected chi connectivity index (χ0v) is 8.64. The molecule has 0 saturated carbocycles. The predicted octanol–water partition coefficient (Wildman–Crippen LogP) is 3.38. The Morgan fingerprint density at radius 3 is 2.08 bits per heavy atom. The number of benzene rings is 1. The fraction of sp³-hybridized carbons (Fsp3) is 0.400. The molecule has 0 fully saturated rings. The van der Waals surface area contributed by atoms with Crippen LogP contribution in [0.4, 0.5) is 0 Å². The van der Waals surface area contributed by atoms with Gasteiger partial charge in [-0.3, -0.25) is 0 Å². The van der Waals surface area contributed by atoms with Crippen molar-refractivity contribution in [2.45, 2.75) is 19.0 Å². The van der Waals surface area contributed by atoms with Crippen molar-refractivity contribution in [2.24, 2.45) is 0 Å². The van der Waals surface area contributed by atoms with Crippen molar-refractivity contribution < 1.29 is 4.57 Å². The fourth-order valence-electron chi connectivity index (χ4n) is 1.03. The Hall–Kier alpha value is -0.680. The van der Waals surface area contributed by atoms with Gasteiger partial charge < -0.3 is 0 Å². The molecule has 1 rings (SSSR count). The van der Waals surface area contributed by atoms with E-state index < -0.39 is 7.80 Å². The van der Waals surface area contributed by atoms with E-state index in [1.165, 1.54) is 0 Å². The van der Waals surface area contributed by atoms with Crippen LogP contribution in [0.2, 0.25) is 0 Å². The highest BCUT2D eigenvalue weighted by Gasteiger charge is 2.36. The van der Waals surface area contributed by atoms with Gasteiger partial charge >= 0.3 is 7.80 Å². The monoisotopic (exact) mass is 181 g/mol. The minimum absolute atomic E-state index is 0.198. The molecule has 12 heavy (non-hydrogen) atoms. The van der Waals surface area contributed by atoms with Crippen molar-refractivity contribution in [1.29, 1.82) is 0 Å². The Balaban J connectivity index is 3.06. The molecule has 64 valence electrons. The first-order valence-electron chi connectivity index (χ1n) is 4.01. The molecule has 0 aliphatic carbocycles. The lowest BCUT2D eigenvalue weighted by Crippen LogP contribution is -2.10. The van der Waals surface area contributed by atoms with E-state index in [1.807, 2.05) is 44.2 Å². The van der Waals surface area contributed by atoms with Gasteiger partial charge in [0, 0.05) is 5.56 Å². The van der Waals surface area contributed by atoms with Crippen LogP contribution in [0.15, 0.2) is 30.3 Å². The standard InChI is InChI=1S/C10H14OP/c1-10(2,12(3)11)9-7-5-4-6-8-9/h4-8H,1-3H3/q+1. The molecule has 0 aliphatic rings. The molecular formula is C10H14OP+. The normalized spacial score (nSPS) is 12.8. The molecule has 1 nitrogen and oxygen atoms in total. The van der Waals surface area contributed by atoms with Crippen LogP contribution in [-0.2, 0) is 9.72 Å². The lowest BCUT2D eigenvalue weighted by molar-refractivity contribution is 0.565. The first-order valence-corrected chi connectivity index (χ1v) is 5.72. The number of rotatable bonds is 2. The molecule has 0 saturated heterocycles. The Morgan fingerprint density at radius 1 is 1.17 bits per heavy atom. The van der Waals surface area contributed by atoms with Crippen LogP contribution >= 0.6 is 7.80 Å². The van der Waals surface area contributed by atoms with E-state index in [9.17, 15) is 4.57 Å². The molecule has 0 spiro atoms. The van der Waals surface area contributed by atoms with Crippen molar-refractivity contribution >= 4 is 7.80 Å². The highest BCUT2D eigenvalue weighted by atomic mass is 31.1. The third-order valence-electron chi connectivity index (χ3n) is 2.27. The van der Waals surface area contributed by atoms with Crippen LogP contribution in [-0.4, -0.2) is 6.66 Å². The second-order valence-corrected chi connectivity index (χ2v) is 5.54. The van der Waals surface area contributed by atoms with Crippen molar-refractivity contribution in [2.75, 3.05) is 6.66 Å². The van der Waals surface area contributed by atoms with Crippen molar-refractivity contribution in [3.8, 4) is 0 Å². The SMILES string of the molecule is C[P+](=O)C(C)(C)c1ccccc1.